The van der Waals surface area contributed by atoms with Gasteiger partial charge in [-0.1, -0.05) is 29.8 Å². The largest absolute Gasteiger partial charge is 0.490 e. The van der Waals surface area contributed by atoms with Crippen molar-refractivity contribution >= 4 is 29.4 Å². The number of ether oxygens (including phenoxy) is 2. The highest BCUT2D eigenvalue weighted by Crippen LogP contribution is 2.37. The number of amides is 1. The van der Waals surface area contributed by atoms with Crippen LogP contribution in [-0.4, -0.2) is 31.8 Å². The molecule has 3 aromatic carbocycles. The van der Waals surface area contributed by atoms with E-state index in [-0.39, 0.29) is 23.4 Å². The Morgan fingerprint density at radius 1 is 1.11 bits per heavy atom. The van der Waals surface area contributed by atoms with E-state index in [0.717, 1.165) is 18.8 Å². The summed E-state index contributed by atoms with van der Waals surface area (Å²) >= 11 is 6.43. The van der Waals surface area contributed by atoms with Crippen LogP contribution < -0.4 is 19.8 Å². The lowest BCUT2D eigenvalue weighted by Gasteiger charge is -2.17. The molecular weight excluding hydrogens is 469 g/mol. The zero-order valence-electron chi connectivity index (χ0n) is 19.5. The van der Waals surface area contributed by atoms with Crippen LogP contribution in [0, 0.1) is 5.82 Å². The van der Waals surface area contributed by atoms with Crippen molar-refractivity contribution in [3.8, 4) is 11.5 Å². The fraction of sp³-hybridized carbons (Fsp3) is 0.259. The highest BCUT2D eigenvalue weighted by Gasteiger charge is 2.15. The highest BCUT2D eigenvalue weighted by atomic mass is 35.5. The van der Waals surface area contributed by atoms with E-state index in [1.165, 1.54) is 25.1 Å². The predicted octanol–water partition coefficient (Wildman–Crippen LogP) is 5.82. The number of rotatable bonds is 9. The zero-order chi connectivity index (χ0) is 24.6. The number of nitrogens with zero attached hydrogens (tertiary/aromatic N) is 2. The van der Waals surface area contributed by atoms with Gasteiger partial charge in [-0.25, -0.2) is 9.82 Å². The summed E-state index contributed by atoms with van der Waals surface area (Å²) in [5.74, 6) is 0.0552. The number of anilines is 1. The molecule has 1 saturated heterocycles. The number of nitrogens with one attached hydrogen (secondary N) is 1. The maximum absolute atomic E-state index is 13.9. The van der Waals surface area contributed by atoms with Gasteiger partial charge in [0.1, 0.15) is 12.4 Å². The van der Waals surface area contributed by atoms with Crippen molar-refractivity contribution in [2.75, 3.05) is 24.6 Å². The Morgan fingerprint density at radius 3 is 2.57 bits per heavy atom. The van der Waals surface area contributed by atoms with Gasteiger partial charge in [-0.15, -0.1) is 0 Å². The maximum atomic E-state index is 13.9. The first-order valence-corrected chi connectivity index (χ1v) is 11.9. The molecule has 0 aromatic heterocycles. The van der Waals surface area contributed by atoms with Crippen LogP contribution in [0.15, 0.2) is 65.8 Å². The lowest BCUT2D eigenvalue weighted by atomic mass is 10.2. The molecule has 1 aliphatic rings. The summed E-state index contributed by atoms with van der Waals surface area (Å²) in [6.07, 6.45) is 3.88. The third-order valence-electron chi connectivity index (χ3n) is 5.64. The first-order chi connectivity index (χ1) is 17.0. The van der Waals surface area contributed by atoms with Gasteiger partial charge >= 0.3 is 0 Å². The van der Waals surface area contributed by atoms with Gasteiger partial charge in [0.15, 0.2) is 11.5 Å². The molecular formula is C27H27ClFN3O3. The molecule has 3 aromatic rings. The van der Waals surface area contributed by atoms with Crippen LogP contribution in [0.4, 0.5) is 10.1 Å². The van der Waals surface area contributed by atoms with E-state index in [4.69, 9.17) is 21.1 Å². The fourth-order valence-electron chi connectivity index (χ4n) is 3.86. The molecule has 4 rings (SSSR count). The normalized spacial score (nSPS) is 13.3. The predicted molar refractivity (Wildman–Crippen MR) is 136 cm³/mol. The smallest absolute Gasteiger partial charge is 0.271 e. The van der Waals surface area contributed by atoms with E-state index in [0.29, 0.717) is 34.8 Å². The van der Waals surface area contributed by atoms with Crippen LogP contribution in [0.1, 0.15) is 41.3 Å². The molecule has 1 fully saturated rings. The van der Waals surface area contributed by atoms with Gasteiger partial charge in [0.05, 0.1) is 17.8 Å². The van der Waals surface area contributed by atoms with Crippen molar-refractivity contribution in [1.82, 2.24) is 5.43 Å². The number of hydrogen-bond donors (Lipinski definition) is 1. The summed E-state index contributed by atoms with van der Waals surface area (Å²) in [5.41, 5.74) is 5.20. The monoisotopic (exact) mass is 495 g/mol. The molecule has 35 heavy (non-hydrogen) atoms. The highest BCUT2D eigenvalue weighted by molar-refractivity contribution is 6.32. The van der Waals surface area contributed by atoms with Crippen molar-refractivity contribution in [2.45, 2.75) is 26.4 Å². The van der Waals surface area contributed by atoms with Crippen LogP contribution >= 0.6 is 11.6 Å². The maximum Gasteiger partial charge on any atom is 0.271 e. The molecule has 0 spiro atoms. The molecule has 0 atom stereocenters. The Kier molecular flexibility index (Phi) is 8.21. The van der Waals surface area contributed by atoms with E-state index >= 15 is 0 Å². The number of hydrogen-bond acceptors (Lipinski definition) is 5. The van der Waals surface area contributed by atoms with Crippen LogP contribution in [0.3, 0.4) is 0 Å². The van der Waals surface area contributed by atoms with Crippen molar-refractivity contribution in [3.63, 3.8) is 0 Å². The van der Waals surface area contributed by atoms with Gasteiger partial charge in [-0.2, -0.15) is 5.10 Å². The van der Waals surface area contributed by atoms with Crippen LogP contribution in [0.5, 0.6) is 11.5 Å². The molecule has 8 heteroatoms. The molecule has 1 aliphatic heterocycles. The molecule has 0 aliphatic carbocycles. The third-order valence-corrected chi connectivity index (χ3v) is 5.92. The second-order valence-electron chi connectivity index (χ2n) is 8.08. The third kappa shape index (κ3) is 6.31. The van der Waals surface area contributed by atoms with E-state index in [1.54, 1.807) is 42.5 Å². The molecule has 182 valence electrons. The fourth-order valence-corrected chi connectivity index (χ4v) is 4.13. The molecule has 1 heterocycles. The van der Waals surface area contributed by atoms with Crippen LogP contribution in [-0.2, 0) is 6.61 Å². The first-order valence-electron chi connectivity index (χ1n) is 11.6. The molecule has 6 nitrogen and oxygen atoms in total. The SMILES string of the molecule is CCOc1cc(/C=N\NC(=O)c2ccc(N3CCCC3)cc2)cc(Cl)c1OCc1ccccc1F. The molecule has 0 bridgehead atoms. The lowest BCUT2D eigenvalue weighted by molar-refractivity contribution is 0.0955. The van der Waals surface area contributed by atoms with E-state index in [1.807, 2.05) is 19.1 Å². The van der Waals surface area contributed by atoms with Crippen LogP contribution in [0.25, 0.3) is 0 Å². The van der Waals surface area contributed by atoms with Gasteiger partial charge in [-0.05, 0) is 67.8 Å². The van der Waals surface area contributed by atoms with E-state index < -0.39 is 0 Å². The zero-order valence-corrected chi connectivity index (χ0v) is 20.2. The summed E-state index contributed by atoms with van der Waals surface area (Å²) in [6.45, 7) is 4.33. The number of carbonyl (C=O) groups excluding carboxylic acids is 1. The average molecular weight is 496 g/mol. The van der Waals surface area contributed by atoms with Crippen molar-refractivity contribution in [3.05, 3.63) is 88.2 Å². The Hall–Kier alpha value is -3.58. The van der Waals surface area contributed by atoms with Crippen molar-refractivity contribution < 1.29 is 18.7 Å². The Bertz CT molecular complexity index is 1190. The minimum Gasteiger partial charge on any atom is -0.490 e. The number of benzene rings is 3. The second kappa shape index (κ2) is 11.7. The Balaban J connectivity index is 1.41. The average Bonchev–Trinajstić information content (AvgIpc) is 3.40. The quantitative estimate of drug-likeness (QED) is 0.300. The molecule has 0 unspecified atom stereocenters. The standard InChI is InChI=1S/C27H27ClFN3O3/c1-2-34-25-16-19(15-23(28)26(25)35-18-21-7-3-4-8-24(21)29)17-30-31-27(33)20-9-11-22(12-10-20)32-13-5-6-14-32/h3-4,7-12,15-17H,2,5-6,13-14,18H2,1H3,(H,31,33)/b30-17-. The summed E-state index contributed by atoms with van der Waals surface area (Å²) in [5, 5.41) is 4.34. The number of halogens is 2. The number of hydrazone groups is 1. The minimum atomic E-state index is -0.355. The summed E-state index contributed by atoms with van der Waals surface area (Å²) in [6, 6.07) is 17.2. The molecule has 1 amide bonds. The van der Waals surface area contributed by atoms with Gasteiger partial charge < -0.3 is 14.4 Å². The lowest BCUT2D eigenvalue weighted by Crippen LogP contribution is -2.19. The van der Waals surface area contributed by atoms with Crippen molar-refractivity contribution in [2.24, 2.45) is 5.10 Å². The Labute approximate surface area is 209 Å². The molecule has 0 saturated carbocycles. The van der Waals surface area contributed by atoms with E-state index in [2.05, 4.69) is 15.4 Å². The first kappa shape index (κ1) is 24.5. The van der Waals surface area contributed by atoms with Gasteiger partial charge in [0.25, 0.3) is 5.91 Å². The van der Waals surface area contributed by atoms with E-state index in [9.17, 15) is 9.18 Å². The minimum absolute atomic E-state index is 0.00646. The van der Waals surface area contributed by atoms with Crippen molar-refractivity contribution in [1.29, 1.82) is 0 Å². The summed E-state index contributed by atoms with van der Waals surface area (Å²) in [7, 11) is 0. The summed E-state index contributed by atoms with van der Waals surface area (Å²) < 4.78 is 25.4. The van der Waals surface area contributed by atoms with Gasteiger partial charge in [0.2, 0.25) is 0 Å². The van der Waals surface area contributed by atoms with Gasteiger partial charge in [-0.3, -0.25) is 4.79 Å². The topological polar surface area (TPSA) is 63.2 Å². The molecule has 0 radical (unpaired) electrons. The molecule has 1 N–H and O–H groups in total. The summed E-state index contributed by atoms with van der Waals surface area (Å²) in [4.78, 5) is 14.8. The second-order valence-corrected chi connectivity index (χ2v) is 8.49. The van der Waals surface area contributed by atoms with Gasteiger partial charge in [0, 0.05) is 29.9 Å². The Morgan fingerprint density at radius 2 is 1.86 bits per heavy atom. The van der Waals surface area contributed by atoms with Crippen LogP contribution in [0.2, 0.25) is 5.02 Å². The number of carbonyl (C=O) groups is 1.